The third-order valence-electron chi connectivity index (χ3n) is 5.71. The summed E-state index contributed by atoms with van der Waals surface area (Å²) < 4.78 is 0. The molecule has 152 valence electrons. The molecule has 3 aliphatic rings. The first kappa shape index (κ1) is 19.5. The molecule has 0 radical (unpaired) electrons. The zero-order chi connectivity index (χ0) is 20.8. The number of nitrogens with two attached hydrogens (primary N) is 1. The molecule has 4 N–H and O–H groups in total. The van der Waals surface area contributed by atoms with Gasteiger partial charge in [0.25, 0.3) is 5.91 Å². The lowest BCUT2D eigenvalue weighted by molar-refractivity contribution is -0.118. The van der Waals surface area contributed by atoms with Gasteiger partial charge < -0.3 is 21.3 Å². The average molecular weight is 413 g/mol. The van der Waals surface area contributed by atoms with Gasteiger partial charge in [0.05, 0.1) is 16.9 Å². The molecule has 3 amide bonds. The molecule has 4 rings (SSSR count). The molecule has 0 aromatic heterocycles. The van der Waals surface area contributed by atoms with E-state index in [0.717, 1.165) is 16.4 Å². The highest BCUT2D eigenvalue weighted by atomic mass is 32.2. The molecular weight excluding hydrogens is 388 g/mol. The SMILES string of the molecule is CC1=NN=C2SC(C(=O)NC3CN(C(=O)Nc4ccccc4)C3)=C(N)C2C1(C)C. The maximum absolute atomic E-state index is 12.8. The Balaban J connectivity index is 1.34. The fraction of sp³-hybridized carbons (Fsp3) is 0.400. The minimum atomic E-state index is -0.279. The summed E-state index contributed by atoms with van der Waals surface area (Å²) in [7, 11) is 0. The normalized spacial score (nSPS) is 23.0. The third-order valence-corrected chi connectivity index (χ3v) is 6.87. The van der Waals surface area contributed by atoms with Gasteiger partial charge in [-0.2, -0.15) is 5.10 Å². The van der Waals surface area contributed by atoms with Crippen LogP contribution in [0.25, 0.3) is 0 Å². The number of rotatable bonds is 3. The molecule has 3 heterocycles. The van der Waals surface area contributed by atoms with Gasteiger partial charge in [-0.25, -0.2) is 4.79 Å². The van der Waals surface area contributed by atoms with E-state index in [1.165, 1.54) is 11.8 Å². The van der Waals surface area contributed by atoms with Gasteiger partial charge in [-0.3, -0.25) is 4.79 Å². The molecule has 1 aromatic rings. The van der Waals surface area contributed by atoms with E-state index in [0.29, 0.717) is 23.7 Å². The van der Waals surface area contributed by atoms with Gasteiger partial charge in [0.2, 0.25) is 0 Å². The van der Waals surface area contributed by atoms with E-state index < -0.39 is 0 Å². The van der Waals surface area contributed by atoms with E-state index in [4.69, 9.17) is 5.73 Å². The van der Waals surface area contributed by atoms with Crippen molar-refractivity contribution < 1.29 is 9.59 Å². The van der Waals surface area contributed by atoms with Gasteiger partial charge >= 0.3 is 6.03 Å². The molecule has 0 saturated carbocycles. The summed E-state index contributed by atoms with van der Waals surface area (Å²) in [6, 6.07) is 9.01. The molecule has 8 nitrogen and oxygen atoms in total. The Hall–Kier alpha value is -2.81. The lowest BCUT2D eigenvalue weighted by Crippen LogP contribution is -2.62. The topological polar surface area (TPSA) is 112 Å². The van der Waals surface area contributed by atoms with Crippen molar-refractivity contribution in [1.29, 1.82) is 0 Å². The first-order chi connectivity index (χ1) is 13.8. The molecule has 1 saturated heterocycles. The Labute approximate surface area is 173 Å². The van der Waals surface area contributed by atoms with E-state index in [2.05, 4.69) is 34.7 Å². The highest BCUT2D eigenvalue weighted by Gasteiger charge is 2.47. The third kappa shape index (κ3) is 3.50. The molecule has 29 heavy (non-hydrogen) atoms. The highest BCUT2D eigenvalue weighted by molar-refractivity contribution is 8.18. The average Bonchev–Trinajstić information content (AvgIpc) is 2.99. The van der Waals surface area contributed by atoms with Crippen LogP contribution >= 0.6 is 11.8 Å². The van der Waals surface area contributed by atoms with Crippen LogP contribution in [0.1, 0.15) is 20.8 Å². The predicted octanol–water partition coefficient (Wildman–Crippen LogP) is 2.37. The van der Waals surface area contributed by atoms with Crippen LogP contribution in [0.3, 0.4) is 0 Å². The van der Waals surface area contributed by atoms with Crippen LogP contribution in [-0.2, 0) is 4.79 Å². The molecule has 1 fully saturated rings. The number of hydrogen-bond acceptors (Lipinski definition) is 6. The second-order valence-corrected chi connectivity index (χ2v) is 9.07. The van der Waals surface area contributed by atoms with Crippen molar-refractivity contribution in [3.63, 3.8) is 0 Å². The van der Waals surface area contributed by atoms with Gasteiger partial charge in [0, 0.05) is 35.6 Å². The second-order valence-electron chi connectivity index (χ2n) is 8.04. The van der Waals surface area contributed by atoms with Crippen molar-refractivity contribution >= 4 is 40.1 Å². The quantitative estimate of drug-likeness (QED) is 0.707. The van der Waals surface area contributed by atoms with Crippen molar-refractivity contribution in [2.24, 2.45) is 27.3 Å². The first-order valence-corrected chi connectivity index (χ1v) is 10.3. The first-order valence-electron chi connectivity index (χ1n) is 9.49. The van der Waals surface area contributed by atoms with Gasteiger partial charge in [-0.1, -0.05) is 43.8 Å². The van der Waals surface area contributed by atoms with Gasteiger partial charge in [0.15, 0.2) is 0 Å². The summed E-state index contributed by atoms with van der Waals surface area (Å²) in [6.07, 6.45) is 0. The summed E-state index contributed by atoms with van der Waals surface area (Å²) >= 11 is 1.29. The smallest absolute Gasteiger partial charge is 0.321 e. The van der Waals surface area contributed by atoms with Crippen molar-refractivity contribution in [2.45, 2.75) is 26.8 Å². The number of urea groups is 1. The van der Waals surface area contributed by atoms with Crippen molar-refractivity contribution in [3.05, 3.63) is 40.9 Å². The standard InChI is InChI=1S/C20H24N6O2S/c1-11-20(2,3)14-15(21)16(29-18(14)25-24-11)17(27)22-13-9-26(10-13)19(28)23-12-7-5-4-6-8-12/h4-8,13-14H,9-10,21H2,1-3H3,(H,22,27)(H,23,28). The summed E-state index contributed by atoms with van der Waals surface area (Å²) in [5.74, 6) is -0.341. The number of carbonyl (C=O) groups excluding carboxylic acids is 2. The van der Waals surface area contributed by atoms with E-state index in [9.17, 15) is 9.59 Å². The van der Waals surface area contributed by atoms with Crippen molar-refractivity contribution in [3.8, 4) is 0 Å². The van der Waals surface area contributed by atoms with E-state index in [-0.39, 0.29) is 29.3 Å². The molecule has 0 bridgehead atoms. The van der Waals surface area contributed by atoms with Crippen LogP contribution in [0.2, 0.25) is 0 Å². The molecular formula is C20H24N6O2S. The van der Waals surface area contributed by atoms with E-state index >= 15 is 0 Å². The molecule has 0 spiro atoms. The summed E-state index contributed by atoms with van der Waals surface area (Å²) in [5.41, 5.74) is 8.27. The number of benzene rings is 1. The lowest BCUT2D eigenvalue weighted by atomic mass is 9.73. The largest absolute Gasteiger partial charge is 0.400 e. The molecule has 3 aliphatic heterocycles. The summed E-state index contributed by atoms with van der Waals surface area (Å²) in [5, 5.41) is 15.0. The number of amides is 3. The van der Waals surface area contributed by atoms with E-state index in [1.807, 2.05) is 37.3 Å². The second kappa shape index (κ2) is 7.22. The fourth-order valence-electron chi connectivity index (χ4n) is 3.61. The Morgan fingerprint density at radius 3 is 2.59 bits per heavy atom. The monoisotopic (exact) mass is 412 g/mol. The number of allylic oxidation sites excluding steroid dienone is 1. The van der Waals surface area contributed by atoms with Crippen LogP contribution in [0.15, 0.2) is 51.1 Å². The Kier molecular flexibility index (Phi) is 4.85. The van der Waals surface area contributed by atoms with Crippen LogP contribution in [0.5, 0.6) is 0 Å². The number of hydrogen-bond donors (Lipinski definition) is 3. The molecule has 0 aliphatic carbocycles. The Morgan fingerprint density at radius 1 is 1.21 bits per heavy atom. The zero-order valence-corrected chi connectivity index (χ0v) is 17.4. The van der Waals surface area contributed by atoms with Crippen LogP contribution in [-0.4, -0.2) is 46.7 Å². The van der Waals surface area contributed by atoms with Gasteiger partial charge in [-0.05, 0) is 19.1 Å². The Bertz CT molecular complexity index is 947. The maximum Gasteiger partial charge on any atom is 0.321 e. The lowest BCUT2D eigenvalue weighted by Gasteiger charge is -2.39. The number of para-hydroxylation sites is 1. The predicted molar refractivity (Wildman–Crippen MR) is 116 cm³/mol. The molecule has 1 atom stereocenters. The highest BCUT2D eigenvalue weighted by Crippen LogP contribution is 2.47. The minimum absolute atomic E-state index is 0.0968. The molecule has 1 unspecified atom stereocenters. The summed E-state index contributed by atoms with van der Waals surface area (Å²) in [4.78, 5) is 27.2. The Morgan fingerprint density at radius 2 is 1.90 bits per heavy atom. The molecule has 9 heteroatoms. The fourth-order valence-corrected chi connectivity index (χ4v) is 4.83. The van der Waals surface area contributed by atoms with Crippen LogP contribution in [0, 0.1) is 11.3 Å². The number of nitrogens with one attached hydrogen (secondary N) is 2. The molecule has 1 aromatic carbocycles. The number of nitrogens with zero attached hydrogens (tertiary/aromatic N) is 3. The minimum Gasteiger partial charge on any atom is -0.400 e. The summed E-state index contributed by atoms with van der Waals surface area (Å²) in [6.45, 7) is 6.98. The van der Waals surface area contributed by atoms with Crippen LogP contribution in [0.4, 0.5) is 10.5 Å². The maximum atomic E-state index is 12.8. The number of fused-ring (bicyclic) bond motifs is 1. The van der Waals surface area contributed by atoms with Crippen molar-refractivity contribution in [1.82, 2.24) is 10.2 Å². The van der Waals surface area contributed by atoms with E-state index in [1.54, 1.807) is 4.90 Å². The van der Waals surface area contributed by atoms with Crippen molar-refractivity contribution in [2.75, 3.05) is 18.4 Å². The number of anilines is 1. The van der Waals surface area contributed by atoms with Gasteiger partial charge in [0.1, 0.15) is 5.04 Å². The van der Waals surface area contributed by atoms with Crippen LogP contribution < -0.4 is 16.4 Å². The number of likely N-dealkylation sites (tertiary alicyclic amines) is 1. The number of thioether (sulfide) groups is 1. The zero-order valence-electron chi connectivity index (χ0n) is 16.6. The van der Waals surface area contributed by atoms with Gasteiger partial charge in [-0.15, -0.1) is 5.10 Å². The number of carbonyl (C=O) groups is 2.